The van der Waals surface area contributed by atoms with Gasteiger partial charge < -0.3 is 10.2 Å². The second-order valence-corrected chi connectivity index (χ2v) is 7.16. The number of anilines is 1. The minimum Gasteiger partial charge on any atom is -0.346 e. The summed E-state index contributed by atoms with van der Waals surface area (Å²) in [4.78, 5) is 14.9. The van der Waals surface area contributed by atoms with Crippen LogP contribution in [0, 0.1) is 5.82 Å². The van der Waals surface area contributed by atoms with Crippen LogP contribution in [0.25, 0.3) is 0 Å². The highest BCUT2D eigenvalue weighted by Crippen LogP contribution is 2.40. The molecule has 0 spiro atoms. The molecule has 0 aliphatic carbocycles. The van der Waals surface area contributed by atoms with Crippen LogP contribution in [-0.2, 0) is 13.0 Å². The van der Waals surface area contributed by atoms with Gasteiger partial charge in [-0.2, -0.15) is 0 Å². The molecule has 0 saturated heterocycles. The molecule has 0 aromatic heterocycles. The molecule has 2 atom stereocenters. The van der Waals surface area contributed by atoms with E-state index in [2.05, 4.69) is 22.3 Å². The third-order valence-corrected chi connectivity index (χ3v) is 5.65. The van der Waals surface area contributed by atoms with Gasteiger partial charge in [-0.3, -0.25) is 4.79 Å². The summed E-state index contributed by atoms with van der Waals surface area (Å²) >= 11 is 0. The van der Waals surface area contributed by atoms with Crippen LogP contribution in [0.15, 0.2) is 72.8 Å². The Kier molecular flexibility index (Phi) is 3.71. The maximum Gasteiger partial charge on any atom is 0.254 e. The monoisotopic (exact) mass is 358 g/mol. The number of carbonyl (C=O) groups excluding carboxylic acids is 1. The zero-order valence-electron chi connectivity index (χ0n) is 14.7. The number of carbonyl (C=O) groups is 1. The van der Waals surface area contributed by atoms with Crippen LogP contribution in [0.1, 0.15) is 33.0 Å². The first-order valence-electron chi connectivity index (χ1n) is 9.20. The lowest BCUT2D eigenvalue weighted by Gasteiger charge is -2.47. The Bertz CT molecular complexity index is 1030. The van der Waals surface area contributed by atoms with Crippen molar-refractivity contribution >= 4 is 11.6 Å². The average Bonchev–Trinajstić information content (AvgIpc) is 2.70. The van der Waals surface area contributed by atoms with Gasteiger partial charge in [0.05, 0.1) is 11.3 Å². The number of halogens is 1. The molecular weight excluding hydrogens is 339 g/mol. The van der Waals surface area contributed by atoms with E-state index in [-0.39, 0.29) is 23.8 Å². The maximum absolute atomic E-state index is 14.4. The summed E-state index contributed by atoms with van der Waals surface area (Å²) in [5, 5.41) is 3.17. The number of amides is 1. The number of nitrogens with zero attached hydrogens (tertiary/aromatic N) is 1. The Morgan fingerprint density at radius 3 is 2.59 bits per heavy atom. The number of nitrogens with one attached hydrogen (secondary N) is 1. The fraction of sp³-hybridized carbons (Fsp3) is 0.174. The molecule has 0 radical (unpaired) electrons. The minimum atomic E-state index is -0.199. The lowest BCUT2D eigenvalue weighted by atomic mass is 9.81. The first-order valence-corrected chi connectivity index (χ1v) is 9.20. The number of para-hydroxylation sites is 1. The van der Waals surface area contributed by atoms with Gasteiger partial charge in [-0.05, 0) is 41.3 Å². The fourth-order valence-electron chi connectivity index (χ4n) is 4.37. The molecule has 1 amide bonds. The van der Waals surface area contributed by atoms with Gasteiger partial charge in [-0.15, -0.1) is 0 Å². The highest BCUT2D eigenvalue weighted by molar-refractivity contribution is 6.02. The van der Waals surface area contributed by atoms with Crippen molar-refractivity contribution in [2.45, 2.75) is 25.0 Å². The highest BCUT2D eigenvalue weighted by atomic mass is 19.1. The predicted octanol–water partition coefficient (Wildman–Crippen LogP) is 4.24. The summed E-state index contributed by atoms with van der Waals surface area (Å²) in [6.45, 7) is 0.728. The molecule has 2 aliphatic heterocycles. The molecule has 5 rings (SSSR count). The number of rotatable bonds is 2. The summed E-state index contributed by atoms with van der Waals surface area (Å²) in [5.74, 6) is -0.288. The van der Waals surface area contributed by atoms with Gasteiger partial charge in [0.25, 0.3) is 5.91 Å². The predicted molar refractivity (Wildman–Crippen MR) is 103 cm³/mol. The van der Waals surface area contributed by atoms with Gasteiger partial charge in [0.1, 0.15) is 12.0 Å². The molecule has 0 bridgehead atoms. The fourth-order valence-corrected chi connectivity index (χ4v) is 4.37. The first kappa shape index (κ1) is 16.1. The smallest absolute Gasteiger partial charge is 0.254 e. The third-order valence-electron chi connectivity index (χ3n) is 5.65. The molecule has 134 valence electrons. The SMILES string of the molecule is O=C1NC2C(Cc3ccccc3F)c3ccccc3CN2c2ccccc21. The van der Waals surface area contributed by atoms with Crippen LogP contribution in [0.2, 0.25) is 0 Å². The number of hydrogen-bond acceptors (Lipinski definition) is 2. The van der Waals surface area contributed by atoms with Crippen molar-refractivity contribution in [2.24, 2.45) is 0 Å². The van der Waals surface area contributed by atoms with Gasteiger partial charge in [-0.25, -0.2) is 4.39 Å². The highest BCUT2D eigenvalue weighted by Gasteiger charge is 2.40. The van der Waals surface area contributed by atoms with Crippen molar-refractivity contribution in [3.63, 3.8) is 0 Å². The minimum absolute atomic E-state index is 0.0239. The Balaban J connectivity index is 1.63. The van der Waals surface area contributed by atoms with Gasteiger partial charge >= 0.3 is 0 Å². The topological polar surface area (TPSA) is 32.3 Å². The van der Waals surface area contributed by atoms with E-state index in [1.54, 1.807) is 6.07 Å². The zero-order chi connectivity index (χ0) is 18.4. The van der Waals surface area contributed by atoms with Crippen molar-refractivity contribution in [1.82, 2.24) is 5.32 Å². The van der Waals surface area contributed by atoms with E-state index in [0.29, 0.717) is 17.5 Å². The molecule has 2 unspecified atom stereocenters. The first-order chi connectivity index (χ1) is 13.2. The van der Waals surface area contributed by atoms with Crippen LogP contribution in [0.3, 0.4) is 0 Å². The Morgan fingerprint density at radius 1 is 0.963 bits per heavy atom. The Labute approximate surface area is 157 Å². The molecule has 4 heteroatoms. The second kappa shape index (κ2) is 6.23. The van der Waals surface area contributed by atoms with E-state index >= 15 is 0 Å². The molecule has 3 nitrogen and oxygen atoms in total. The van der Waals surface area contributed by atoms with E-state index in [1.807, 2.05) is 48.5 Å². The van der Waals surface area contributed by atoms with Gasteiger partial charge in [0, 0.05) is 12.5 Å². The zero-order valence-corrected chi connectivity index (χ0v) is 14.7. The van der Waals surface area contributed by atoms with Crippen molar-refractivity contribution in [3.8, 4) is 0 Å². The molecule has 1 N–H and O–H groups in total. The van der Waals surface area contributed by atoms with Crippen LogP contribution in [0.4, 0.5) is 10.1 Å². The molecular formula is C23H19FN2O. The van der Waals surface area contributed by atoms with Crippen molar-refractivity contribution in [1.29, 1.82) is 0 Å². The van der Waals surface area contributed by atoms with Crippen molar-refractivity contribution in [3.05, 3.63) is 101 Å². The van der Waals surface area contributed by atoms with Crippen LogP contribution in [-0.4, -0.2) is 12.1 Å². The number of benzene rings is 3. The summed E-state index contributed by atoms with van der Waals surface area (Å²) < 4.78 is 14.4. The quantitative estimate of drug-likeness (QED) is 0.743. The summed E-state index contributed by atoms with van der Waals surface area (Å²) in [7, 11) is 0. The second-order valence-electron chi connectivity index (χ2n) is 7.16. The molecule has 3 aromatic carbocycles. The van der Waals surface area contributed by atoms with Crippen molar-refractivity contribution < 1.29 is 9.18 Å². The molecule has 3 aromatic rings. The third kappa shape index (κ3) is 2.60. The van der Waals surface area contributed by atoms with Gasteiger partial charge in [0.2, 0.25) is 0 Å². The molecule has 0 saturated carbocycles. The lowest BCUT2D eigenvalue weighted by molar-refractivity contribution is 0.0915. The van der Waals surface area contributed by atoms with E-state index in [4.69, 9.17) is 0 Å². The molecule has 27 heavy (non-hydrogen) atoms. The van der Waals surface area contributed by atoms with E-state index in [0.717, 1.165) is 12.2 Å². The van der Waals surface area contributed by atoms with Crippen molar-refractivity contribution in [2.75, 3.05) is 4.90 Å². The average molecular weight is 358 g/mol. The van der Waals surface area contributed by atoms with Gasteiger partial charge in [-0.1, -0.05) is 54.6 Å². The van der Waals surface area contributed by atoms with Crippen LogP contribution >= 0.6 is 0 Å². The molecule has 0 fully saturated rings. The summed E-state index contributed by atoms with van der Waals surface area (Å²) in [5.41, 5.74) is 4.71. The summed E-state index contributed by atoms with van der Waals surface area (Å²) in [6.07, 6.45) is 0.342. The number of hydrogen-bond donors (Lipinski definition) is 1. The standard InChI is InChI=1S/C23H19FN2O/c24-20-11-5-2-7-15(20)13-19-17-9-3-1-8-16(17)14-26-21-12-6-4-10-18(21)23(27)25-22(19)26/h1-12,19,22H,13-14H2,(H,25,27). The normalized spacial score (nSPS) is 20.3. The summed E-state index contributed by atoms with van der Waals surface area (Å²) in [6, 6.07) is 22.9. The van der Waals surface area contributed by atoms with Crippen LogP contribution in [0.5, 0.6) is 0 Å². The van der Waals surface area contributed by atoms with E-state index in [9.17, 15) is 9.18 Å². The van der Waals surface area contributed by atoms with Gasteiger partial charge in [0.15, 0.2) is 0 Å². The number of fused-ring (bicyclic) bond motifs is 4. The van der Waals surface area contributed by atoms with E-state index in [1.165, 1.54) is 17.2 Å². The Hall–Kier alpha value is -3.14. The van der Waals surface area contributed by atoms with E-state index < -0.39 is 0 Å². The van der Waals surface area contributed by atoms with Crippen LogP contribution < -0.4 is 10.2 Å². The Morgan fingerprint density at radius 2 is 1.70 bits per heavy atom. The molecule has 2 heterocycles. The largest absolute Gasteiger partial charge is 0.346 e. The molecule has 2 aliphatic rings. The lowest BCUT2D eigenvalue weighted by Crippen LogP contribution is -2.58. The maximum atomic E-state index is 14.4.